The van der Waals surface area contributed by atoms with E-state index in [0.29, 0.717) is 16.7 Å². The maximum Gasteiger partial charge on any atom is 0.360 e. The molecule has 1 heterocycles. The number of hydrogen-bond donors (Lipinski definition) is 2. The number of nitrogens with one attached hydrogen (secondary N) is 1. The Morgan fingerprint density at radius 2 is 2.12 bits per heavy atom. The van der Waals surface area contributed by atoms with Crippen LogP contribution in [0.1, 0.15) is 6.92 Å². The summed E-state index contributed by atoms with van der Waals surface area (Å²) in [7, 11) is 0. The molecule has 0 bridgehead atoms. The van der Waals surface area contributed by atoms with Crippen molar-refractivity contribution in [3.63, 3.8) is 0 Å². The summed E-state index contributed by atoms with van der Waals surface area (Å²) in [4.78, 5) is 22.3. The van der Waals surface area contributed by atoms with Gasteiger partial charge in [0.25, 0.3) is 0 Å². The summed E-state index contributed by atoms with van der Waals surface area (Å²) in [5, 5.41) is 3.07. The smallest absolute Gasteiger partial charge is 0.360 e. The van der Waals surface area contributed by atoms with Crippen molar-refractivity contribution >= 4 is 40.7 Å². The largest absolute Gasteiger partial charge is 0.419 e. The molecule has 1 amide bonds. The first-order valence-corrected chi connectivity index (χ1v) is 4.68. The Hall–Kier alpha value is -2.01. The second kappa shape index (κ2) is 4.88. The second-order valence-corrected chi connectivity index (χ2v) is 3.39. The maximum atomic E-state index is 11.5. The van der Waals surface area contributed by atoms with Crippen molar-refractivity contribution in [2.45, 2.75) is 6.92 Å². The highest BCUT2D eigenvalue weighted by molar-refractivity contribution is 5.93. The minimum atomic E-state index is -0.611. The summed E-state index contributed by atoms with van der Waals surface area (Å²) in [6, 6.07) is 6.68. The van der Waals surface area contributed by atoms with E-state index < -0.39 is 5.63 Å². The lowest BCUT2D eigenvalue weighted by atomic mass is 10.2. The molecule has 17 heavy (non-hydrogen) atoms. The van der Waals surface area contributed by atoms with Gasteiger partial charge in [-0.2, -0.15) is 0 Å². The van der Waals surface area contributed by atoms with Gasteiger partial charge in [-0.1, -0.05) is 12.1 Å². The summed E-state index contributed by atoms with van der Waals surface area (Å²) in [6.45, 7) is 1.32. The molecule has 0 saturated heterocycles. The third kappa shape index (κ3) is 2.57. The van der Waals surface area contributed by atoms with E-state index >= 15 is 0 Å². The Balaban J connectivity index is 0.00000144. The highest BCUT2D eigenvalue weighted by Gasteiger charge is 2.07. The number of anilines is 2. The first-order chi connectivity index (χ1) is 7.58. The number of halogens is 1. The van der Waals surface area contributed by atoms with E-state index in [1.54, 1.807) is 24.3 Å². The fourth-order valence-electron chi connectivity index (χ4n) is 1.44. The van der Waals surface area contributed by atoms with Gasteiger partial charge in [-0.15, -0.1) is 12.4 Å². The van der Waals surface area contributed by atoms with E-state index in [0.717, 1.165) is 0 Å². The Labute approximate surface area is 103 Å². The van der Waals surface area contributed by atoms with Crippen molar-refractivity contribution in [1.82, 2.24) is 0 Å². The molecule has 3 N–H and O–H groups in total. The number of amides is 1. The fraction of sp³-hybridized carbons (Fsp3) is 0.0909. The molecule has 0 saturated carbocycles. The van der Waals surface area contributed by atoms with Crippen LogP contribution in [0.4, 0.5) is 11.4 Å². The van der Waals surface area contributed by atoms with Gasteiger partial charge < -0.3 is 15.5 Å². The van der Waals surface area contributed by atoms with E-state index in [-0.39, 0.29) is 24.0 Å². The topological polar surface area (TPSA) is 85.3 Å². The lowest BCUT2D eigenvalue weighted by molar-refractivity contribution is -0.114. The zero-order valence-electron chi connectivity index (χ0n) is 9.02. The lowest BCUT2D eigenvalue weighted by Crippen LogP contribution is -2.14. The number of nitrogens with two attached hydrogens (primary N) is 1. The molecule has 0 aliphatic heterocycles. The molecule has 2 aromatic rings. The molecule has 2 rings (SSSR count). The number of benzene rings is 1. The Morgan fingerprint density at radius 1 is 1.41 bits per heavy atom. The summed E-state index contributed by atoms with van der Waals surface area (Å²) < 4.78 is 5.03. The minimum absolute atomic E-state index is 0. The molecule has 6 heteroatoms. The van der Waals surface area contributed by atoms with Crippen molar-refractivity contribution in [1.29, 1.82) is 0 Å². The lowest BCUT2D eigenvalue weighted by Gasteiger charge is -2.03. The van der Waals surface area contributed by atoms with Crippen molar-refractivity contribution < 1.29 is 9.21 Å². The second-order valence-electron chi connectivity index (χ2n) is 3.39. The molecule has 0 fully saturated rings. The van der Waals surface area contributed by atoms with Crippen LogP contribution < -0.4 is 16.7 Å². The van der Waals surface area contributed by atoms with E-state index in [4.69, 9.17) is 10.2 Å². The molecular weight excluding hydrogens is 244 g/mol. The van der Waals surface area contributed by atoms with Crippen LogP contribution >= 0.6 is 12.4 Å². The molecule has 90 valence electrons. The molecule has 0 aliphatic rings. The zero-order valence-corrected chi connectivity index (χ0v) is 9.84. The predicted octanol–water partition coefficient (Wildman–Crippen LogP) is 1.76. The first kappa shape index (κ1) is 13.1. The van der Waals surface area contributed by atoms with Crippen molar-refractivity contribution in [3.05, 3.63) is 34.7 Å². The van der Waals surface area contributed by atoms with Gasteiger partial charge in [-0.05, 0) is 12.1 Å². The molecule has 0 radical (unpaired) electrons. The maximum absolute atomic E-state index is 11.5. The van der Waals surface area contributed by atoms with Gasteiger partial charge in [0.05, 0.1) is 5.69 Å². The molecular formula is C11H11ClN2O3. The third-order valence-corrected chi connectivity index (χ3v) is 2.10. The van der Waals surface area contributed by atoms with E-state index in [1.165, 1.54) is 6.92 Å². The molecule has 5 nitrogen and oxygen atoms in total. The zero-order chi connectivity index (χ0) is 11.7. The highest BCUT2D eigenvalue weighted by atomic mass is 35.5. The van der Waals surface area contributed by atoms with Gasteiger partial charge in [-0.25, -0.2) is 4.79 Å². The van der Waals surface area contributed by atoms with Crippen molar-refractivity contribution in [2.75, 3.05) is 11.1 Å². The Bertz CT molecular complexity index is 622. The van der Waals surface area contributed by atoms with Crippen molar-refractivity contribution in [2.24, 2.45) is 0 Å². The molecule has 0 aliphatic carbocycles. The van der Waals surface area contributed by atoms with Crippen LogP contribution in [0.25, 0.3) is 11.0 Å². The fourth-order valence-corrected chi connectivity index (χ4v) is 1.44. The molecule has 0 atom stereocenters. The third-order valence-electron chi connectivity index (χ3n) is 2.10. The monoisotopic (exact) mass is 254 g/mol. The minimum Gasteiger partial charge on any atom is -0.419 e. The molecule has 0 unspecified atom stereocenters. The van der Waals surface area contributed by atoms with Gasteiger partial charge in [0.2, 0.25) is 5.91 Å². The van der Waals surface area contributed by atoms with E-state index in [2.05, 4.69) is 5.32 Å². The van der Waals surface area contributed by atoms with Gasteiger partial charge in [0.1, 0.15) is 5.69 Å². The SMILES string of the molecule is CC(=O)Nc1cc2cccc(N)c2oc1=O.Cl. The molecule has 1 aromatic carbocycles. The average Bonchev–Trinajstić information content (AvgIpc) is 2.20. The summed E-state index contributed by atoms with van der Waals surface area (Å²) in [5.74, 6) is -0.324. The standard InChI is InChI=1S/C11H10N2O3.ClH/c1-6(14)13-9-5-7-3-2-4-8(12)10(7)16-11(9)15;/h2-5H,12H2,1H3,(H,13,14);1H. The van der Waals surface area contributed by atoms with Crippen LogP contribution in [0.3, 0.4) is 0 Å². The van der Waals surface area contributed by atoms with Gasteiger partial charge in [-0.3, -0.25) is 4.79 Å². The molecule has 1 aromatic heterocycles. The number of hydrogen-bond acceptors (Lipinski definition) is 4. The Kier molecular flexibility index (Phi) is 3.75. The number of rotatable bonds is 1. The average molecular weight is 255 g/mol. The van der Waals surface area contributed by atoms with Gasteiger partial charge in [0.15, 0.2) is 5.58 Å². The van der Waals surface area contributed by atoms with Gasteiger partial charge >= 0.3 is 5.63 Å². The van der Waals surface area contributed by atoms with E-state index in [9.17, 15) is 9.59 Å². The quantitative estimate of drug-likeness (QED) is 0.600. The summed E-state index contributed by atoms with van der Waals surface area (Å²) >= 11 is 0. The first-order valence-electron chi connectivity index (χ1n) is 4.68. The van der Waals surface area contributed by atoms with Crippen LogP contribution in [0, 0.1) is 0 Å². The van der Waals surface area contributed by atoms with Crippen LogP contribution in [-0.2, 0) is 4.79 Å². The highest BCUT2D eigenvalue weighted by Crippen LogP contribution is 2.21. The van der Waals surface area contributed by atoms with Crippen LogP contribution in [0.2, 0.25) is 0 Å². The predicted molar refractivity (Wildman–Crippen MR) is 68.4 cm³/mol. The number of carbonyl (C=O) groups is 1. The van der Waals surface area contributed by atoms with Crippen molar-refractivity contribution in [3.8, 4) is 0 Å². The number of nitrogen functional groups attached to an aromatic ring is 1. The number of para-hydroxylation sites is 1. The normalized spacial score (nSPS) is 9.71. The Morgan fingerprint density at radius 3 is 2.76 bits per heavy atom. The molecule has 0 spiro atoms. The van der Waals surface area contributed by atoms with Crippen LogP contribution in [-0.4, -0.2) is 5.91 Å². The van der Waals surface area contributed by atoms with Gasteiger partial charge in [0, 0.05) is 12.3 Å². The number of fused-ring (bicyclic) bond motifs is 1. The van der Waals surface area contributed by atoms with E-state index in [1.807, 2.05) is 0 Å². The summed E-state index contributed by atoms with van der Waals surface area (Å²) in [5.41, 5.74) is 5.89. The number of carbonyl (C=O) groups excluding carboxylic acids is 1. The van der Waals surface area contributed by atoms with Crippen LogP contribution in [0.5, 0.6) is 0 Å². The van der Waals surface area contributed by atoms with Crippen LogP contribution in [0.15, 0.2) is 33.5 Å². The summed E-state index contributed by atoms with van der Waals surface area (Å²) in [6.07, 6.45) is 0.